The number of hydrogen-bond donors (Lipinski definition) is 1. The summed E-state index contributed by atoms with van der Waals surface area (Å²) in [5.74, 6) is -0.514. The maximum Gasteiger partial charge on any atom is 0.311 e. The number of benzene rings is 2. The summed E-state index contributed by atoms with van der Waals surface area (Å²) in [4.78, 5) is 37.6. The quantitative estimate of drug-likeness (QED) is 0.367. The number of hydrogen-bond acceptors (Lipinski definition) is 6. The molecule has 33 heavy (non-hydrogen) atoms. The van der Waals surface area contributed by atoms with E-state index in [0.29, 0.717) is 28.6 Å². The average Bonchev–Trinajstić information content (AvgIpc) is 2.79. The van der Waals surface area contributed by atoms with Gasteiger partial charge in [0.2, 0.25) is 11.7 Å². The fourth-order valence-electron chi connectivity index (χ4n) is 3.17. The van der Waals surface area contributed by atoms with E-state index in [1.807, 2.05) is 0 Å². The summed E-state index contributed by atoms with van der Waals surface area (Å²) in [5.41, 5.74) is 0.470. The fourth-order valence-corrected chi connectivity index (χ4v) is 3.49. The maximum absolute atomic E-state index is 13.1. The molecule has 178 valence electrons. The van der Waals surface area contributed by atoms with Crippen LogP contribution < -0.4 is 14.8 Å². The Morgan fingerprint density at radius 1 is 1.15 bits per heavy atom. The number of amides is 2. The largest absolute Gasteiger partial charge is 0.490 e. The lowest BCUT2D eigenvalue weighted by Crippen LogP contribution is -2.50. The molecule has 0 saturated carbocycles. The molecule has 0 unspecified atom stereocenters. The van der Waals surface area contributed by atoms with E-state index >= 15 is 0 Å². The molecular weight excluding hydrogens is 473 g/mol. The Morgan fingerprint density at radius 2 is 1.88 bits per heavy atom. The van der Waals surface area contributed by atoms with Crippen molar-refractivity contribution < 1.29 is 24.0 Å². The van der Waals surface area contributed by atoms with Gasteiger partial charge in [-0.3, -0.25) is 19.7 Å². The first-order valence-electron chi connectivity index (χ1n) is 10.2. The minimum atomic E-state index is -0.734. The van der Waals surface area contributed by atoms with E-state index in [1.165, 1.54) is 30.2 Å². The molecule has 0 bridgehead atoms. The second-order valence-electron chi connectivity index (χ2n) is 6.97. The zero-order chi connectivity index (χ0) is 24.5. The van der Waals surface area contributed by atoms with Crippen molar-refractivity contribution in [3.05, 3.63) is 62.1 Å². The molecule has 11 heteroatoms. The van der Waals surface area contributed by atoms with Gasteiger partial charge >= 0.3 is 5.69 Å². The summed E-state index contributed by atoms with van der Waals surface area (Å²) in [6, 6.07) is 8.18. The van der Waals surface area contributed by atoms with Crippen LogP contribution in [0.2, 0.25) is 10.0 Å². The summed E-state index contributed by atoms with van der Waals surface area (Å²) in [5, 5.41) is 14.5. The molecule has 0 aliphatic rings. The van der Waals surface area contributed by atoms with Crippen LogP contribution in [0, 0.1) is 10.1 Å². The molecule has 0 saturated heterocycles. The molecule has 0 radical (unpaired) electrons. The Hall–Kier alpha value is -3.04. The predicted molar refractivity (Wildman–Crippen MR) is 125 cm³/mol. The lowest BCUT2D eigenvalue weighted by molar-refractivity contribution is -0.385. The third-order valence-electron chi connectivity index (χ3n) is 4.78. The Morgan fingerprint density at radius 3 is 2.45 bits per heavy atom. The van der Waals surface area contributed by atoms with Gasteiger partial charge in [-0.1, -0.05) is 36.2 Å². The van der Waals surface area contributed by atoms with E-state index in [4.69, 9.17) is 32.7 Å². The summed E-state index contributed by atoms with van der Waals surface area (Å²) in [7, 11) is 1.30. The van der Waals surface area contributed by atoms with Crippen molar-refractivity contribution in [1.82, 2.24) is 10.2 Å². The lowest BCUT2D eigenvalue weighted by atomic mass is 10.1. The van der Waals surface area contributed by atoms with Crippen molar-refractivity contribution in [2.45, 2.75) is 32.9 Å². The monoisotopic (exact) mass is 497 g/mol. The second-order valence-corrected chi connectivity index (χ2v) is 7.78. The molecule has 9 nitrogen and oxygen atoms in total. The zero-order valence-corrected chi connectivity index (χ0v) is 20.0. The van der Waals surface area contributed by atoms with Gasteiger partial charge in [-0.05, 0) is 37.1 Å². The van der Waals surface area contributed by atoms with Gasteiger partial charge in [0.25, 0.3) is 5.91 Å². The van der Waals surface area contributed by atoms with Crippen molar-refractivity contribution in [1.29, 1.82) is 0 Å². The van der Waals surface area contributed by atoms with Gasteiger partial charge in [-0.2, -0.15) is 0 Å². The lowest BCUT2D eigenvalue weighted by Gasteiger charge is -2.30. The van der Waals surface area contributed by atoms with E-state index in [2.05, 4.69) is 5.32 Å². The molecule has 2 aromatic rings. The van der Waals surface area contributed by atoms with E-state index in [0.717, 1.165) is 0 Å². The number of nitrogens with one attached hydrogen (secondary N) is 1. The summed E-state index contributed by atoms with van der Waals surface area (Å²) < 4.78 is 10.6. The third kappa shape index (κ3) is 6.97. The van der Waals surface area contributed by atoms with Crippen molar-refractivity contribution >= 4 is 40.7 Å². The Kier molecular flexibility index (Phi) is 9.74. The molecule has 0 aliphatic heterocycles. The number of rotatable bonds is 11. The van der Waals surface area contributed by atoms with Gasteiger partial charge < -0.3 is 19.7 Å². The number of ether oxygens (including phenoxy) is 2. The van der Waals surface area contributed by atoms with Crippen LogP contribution in [0.5, 0.6) is 11.5 Å². The third-order valence-corrected chi connectivity index (χ3v) is 5.52. The van der Waals surface area contributed by atoms with Crippen molar-refractivity contribution in [3.63, 3.8) is 0 Å². The van der Waals surface area contributed by atoms with Gasteiger partial charge in [0.05, 0.1) is 22.1 Å². The summed E-state index contributed by atoms with van der Waals surface area (Å²) >= 11 is 12.1. The van der Waals surface area contributed by atoms with Crippen LogP contribution in [0.3, 0.4) is 0 Å². The molecule has 2 rings (SSSR count). The van der Waals surface area contributed by atoms with Gasteiger partial charge in [-0.25, -0.2) is 0 Å². The number of carbonyl (C=O) groups excluding carboxylic acids is 2. The molecule has 0 heterocycles. The van der Waals surface area contributed by atoms with E-state index in [-0.39, 0.29) is 29.6 Å². The summed E-state index contributed by atoms with van der Waals surface area (Å²) in [6.45, 7) is 3.73. The van der Waals surface area contributed by atoms with Gasteiger partial charge in [0.15, 0.2) is 6.61 Å². The van der Waals surface area contributed by atoms with Crippen LogP contribution in [0.1, 0.15) is 25.8 Å². The fraction of sp³-hybridized carbons (Fsp3) is 0.364. The van der Waals surface area contributed by atoms with Crippen LogP contribution in [-0.2, 0) is 16.1 Å². The Bertz CT molecular complexity index is 1020. The first kappa shape index (κ1) is 26.2. The highest BCUT2D eigenvalue weighted by Gasteiger charge is 2.29. The highest BCUT2D eigenvalue weighted by atomic mass is 35.5. The van der Waals surface area contributed by atoms with E-state index in [9.17, 15) is 19.7 Å². The molecule has 0 spiro atoms. The van der Waals surface area contributed by atoms with E-state index < -0.39 is 23.5 Å². The van der Waals surface area contributed by atoms with Crippen LogP contribution in [0.15, 0.2) is 36.4 Å². The minimum Gasteiger partial charge on any atom is -0.490 e. The van der Waals surface area contributed by atoms with E-state index in [1.54, 1.807) is 32.0 Å². The van der Waals surface area contributed by atoms with Crippen LogP contribution in [0.25, 0.3) is 0 Å². The topological polar surface area (TPSA) is 111 Å². The van der Waals surface area contributed by atoms with Crippen molar-refractivity contribution in [2.24, 2.45) is 0 Å². The minimum absolute atomic E-state index is 0.00590. The molecule has 0 fully saturated rings. The Balaban J connectivity index is 2.26. The van der Waals surface area contributed by atoms with Crippen LogP contribution in [-0.4, -0.2) is 47.9 Å². The smallest absolute Gasteiger partial charge is 0.311 e. The highest BCUT2D eigenvalue weighted by molar-refractivity contribution is 6.42. The second kappa shape index (κ2) is 12.3. The molecule has 2 amide bonds. The molecule has 0 aliphatic carbocycles. The number of halogens is 2. The number of nitro benzene ring substituents is 1. The van der Waals surface area contributed by atoms with Crippen LogP contribution in [0.4, 0.5) is 5.69 Å². The van der Waals surface area contributed by atoms with Gasteiger partial charge in [0, 0.05) is 25.2 Å². The van der Waals surface area contributed by atoms with Gasteiger partial charge in [-0.15, -0.1) is 0 Å². The van der Waals surface area contributed by atoms with Gasteiger partial charge in [0.1, 0.15) is 11.8 Å². The van der Waals surface area contributed by atoms with Crippen molar-refractivity contribution in [3.8, 4) is 11.5 Å². The molecule has 1 N–H and O–H groups in total. The first-order valence-corrected chi connectivity index (χ1v) is 10.9. The number of methoxy groups -OCH3 is 1. The number of nitrogens with zero attached hydrogens (tertiary/aromatic N) is 2. The molecular formula is C22H25Cl2N3O6. The van der Waals surface area contributed by atoms with Crippen LogP contribution >= 0.6 is 23.2 Å². The summed E-state index contributed by atoms with van der Waals surface area (Å²) in [6.07, 6.45) is 0.379. The average molecular weight is 498 g/mol. The predicted octanol–water partition coefficient (Wildman–Crippen LogP) is 4.23. The number of nitro groups is 1. The highest BCUT2D eigenvalue weighted by Crippen LogP contribution is 2.31. The normalized spacial score (nSPS) is 11.4. The zero-order valence-electron chi connectivity index (χ0n) is 18.5. The number of likely N-dealkylation sites (N-methyl/N-ethyl adjacent to an activating group) is 1. The maximum atomic E-state index is 13.1. The first-order chi connectivity index (χ1) is 15.7. The standard InChI is InChI=1S/C22H25Cl2N3O6/c1-4-18(22(29)25-5-2)26(12-14-6-8-16(23)17(24)10-14)21(28)13-33-15-7-9-19(27(30)31)20(11-15)32-3/h6-11,18H,4-5,12-13H2,1-3H3,(H,25,29)/t18-/m1/s1. The number of carbonyl (C=O) groups is 2. The van der Waals surface area contributed by atoms with Crippen molar-refractivity contribution in [2.75, 3.05) is 20.3 Å². The SMILES string of the molecule is CCNC(=O)[C@@H](CC)N(Cc1ccc(Cl)c(Cl)c1)C(=O)COc1ccc([N+](=O)[O-])c(OC)c1. The molecule has 1 atom stereocenters. The molecule has 2 aromatic carbocycles. The molecule has 0 aromatic heterocycles. The Labute approximate surface area is 201 Å².